The van der Waals surface area contributed by atoms with Crippen LogP contribution in [-0.2, 0) is 0 Å². The molecule has 2 fully saturated rings. The zero-order valence-corrected chi connectivity index (χ0v) is 51.8. The minimum absolute atomic E-state index is 0.182. The zero-order chi connectivity index (χ0) is 59.7. The summed E-state index contributed by atoms with van der Waals surface area (Å²) in [6, 6.07) is 79.0. The SMILES string of the molecule is Cc1ccccc1-c1cccc(-c2cccc(N(c3ccc(C4CCCCC4)cc3)c3cc(C(C)C)c4ccc5c(N(c6ccc(C7CCCCC7)cc6)c6cccc7c6oc6c(-c8ccccc8C)cccc67)cc(C(C)C)c6ccc3c4c65)c2O)c1. The summed E-state index contributed by atoms with van der Waals surface area (Å²) in [5.41, 5.74) is 22.0. The van der Waals surface area contributed by atoms with Crippen LogP contribution >= 0.6 is 0 Å². The van der Waals surface area contributed by atoms with Crippen molar-refractivity contribution in [1.29, 1.82) is 0 Å². The van der Waals surface area contributed by atoms with Gasteiger partial charge in [0.25, 0.3) is 0 Å². The second kappa shape index (κ2) is 22.9. The van der Waals surface area contributed by atoms with Crippen LogP contribution in [0.15, 0.2) is 217 Å². The lowest BCUT2D eigenvalue weighted by Gasteiger charge is -2.32. The fourth-order valence-corrected chi connectivity index (χ4v) is 15.6. The first-order valence-electron chi connectivity index (χ1n) is 32.6. The van der Waals surface area contributed by atoms with Gasteiger partial charge in [-0.25, -0.2) is 0 Å². The number of phenolic OH excluding ortho intramolecular Hbond substituents is 1. The molecule has 13 aromatic rings. The van der Waals surface area contributed by atoms with Crippen molar-refractivity contribution in [2.45, 2.75) is 129 Å². The molecule has 4 heteroatoms. The lowest BCUT2D eigenvalue weighted by atomic mass is 9.83. The molecule has 0 radical (unpaired) electrons. The molecule has 0 saturated heterocycles. The van der Waals surface area contributed by atoms with Crippen LogP contribution in [0.1, 0.15) is 149 Å². The number of fused-ring (bicyclic) bond motifs is 3. The predicted molar refractivity (Wildman–Crippen MR) is 374 cm³/mol. The van der Waals surface area contributed by atoms with Gasteiger partial charge in [-0.1, -0.05) is 224 Å². The van der Waals surface area contributed by atoms with Crippen molar-refractivity contribution in [3.05, 3.63) is 246 Å². The van der Waals surface area contributed by atoms with Gasteiger partial charge < -0.3 is 19.3 Å². The van der Waals surface area contributed by atoms with Gasteiger partial charge in [-0.3, -0.25) is 0 Å². The highest BCUT2D eigenvalue weighted by Crippen LogP contribution is 2.54. The Morgan fingerprint density at radius 1 is 0.364 bits per heavy atom. The summed E-state index contributed by atoms with van der Waals surface area (Å²) >= 11 is 0. The van der Waals surface area contributed by atoms with Gasteiger partial charge in [0.2, 0.25) is 0 Å². The van der Waals surface area contributed by atoms with Crippen LogP contribution in [0.3, 0.4) is 0 Å². The third-order valence-electron chi connectivity index (χ3n) is 20.2. The number of phenols is 1. The van der Waals surface area contributed by atoms with Crippen molar-refractivity contribution >= 4 is 88.4 Å². The maximum absolute atomic E-state index is 13.2. The number of hydrogen-bond donors (Lipinski definition) is 1. The molecule has 0 spiro atoms. The van der Waals surface area contributed by atoms with E-state index in [2.05, 4.69) is 264 Å². The van der Waals surface area contributed by atoms with E-state index in [1.807, 2.05) is 0 Å². The number of aromatic hydroxyl groups is 1. The Morgan fingerprint density at radius 3 is 1.34 bits per heavy atom. The van der Waals surface area contributed by atoms with Gasteiger partial charge in [0, 0.05) is 44.0 Å². The summed E-state index contributed by atoms with van der Waals surface area (Å²) < 4.78 is 7.39. The first-order valence-corrected chi connectivity index (χ1v) is 32.6. The predicted octanol–water partition coefficient (Wildman–Crippen LogP) is 25.1. The van der Waals surface area contributed by atoms with Gasteiger partial charge in [-0.2, -0.15) is 0 Å². The second-order valence-electron chi connectivity index (χ2n) is 26.2. The Morgan fingerprint density at radius 2 is 0.795 bits per heavy atom. The molecule has 4 nitrogen and oxygen atoms in total. The number of furan rings is 1. The maximum Gasteiger partial charge on any atom is 0.159 e. The molecular formula is C84H78N2O2. The van der Waals surface area contributed by atoms with Crippen molar-refractivity contribution in [3.63, 3.8) is 0 Å². The van der Waals surface area contributed by atoms with E-state index in [1.54, 1.807) is 0 Å². The summed E-state index contributed by atoms with van der Waals surface area (Å²) in [6.07, 6.45) is 12.7. The number of anilines is 6. The molecule has 1 aromatic heterocycles. The van der Waals surface area contributed by atoms with Crippen molar-refractivity contribution < 1.29 is 9.52 Å². The molecule has 2 aliphatic rings. The van der Waals surface area contributed by atoms with E-state index >= 15 is 0 Å². The summed E-state index contributed by atoms with van der Waals surface area (Å²) in [7, 11) is 0. The molecule has 15 rings (SSSR count). The quantitative estimate of drug-likeness (QED) is 0.117. The summed E-state index contributed by atoms with van der Waals surface area (Å²) in [5, 5.41) is 22.7. The summed E-state index contributed by atoms with van der Waals surface area (Å²) in [6.45, 7) is 13.7. The van der Waals surface area contributed by atoms with E-state index in [0.717, 1.165) is 83.7 Å². The molecule has 12 aromatic carbocycles. The van der Waals surface area contributed by atoms with Crippen molar-refractivity contribution in [2.24, 2.45) is 0 Å². The number of aryl methyl sites for hydroxylation is 2. The lowest BCUT2D eigenvalue weighted by Crippen LogP contribution is -2.14. The van der Waals surface area contributed by atoms with Crippen LogP contribution in [0.25, 0.3) is 87.6 Å². The monoisotopic (exact) mass is 1150 g/mol. The second-order valence-corrected chi connectivity index (χ2v) is 26.2. The molecular weight excluding hydrogens is 1070 g/mol. The Balaban J connectivity index is 0.984. The van der Waals surface area contributed by atoms with E-state index in [-0.39, 0.29) is 17.6 Å². The van der Waals surface area contributed by atoms with Crippen LogP contribution in [0.2, 0.25) is 0 Å². The third kappa shape index (κ3) is 9.59. The molecule has 2 saturated carbocycles. The van der Waals surface area contributed by atoms with E-state index in [9.17, 15) is 5.11 Å². The standard InChI is InChI=1S/C84H78N2O2/c1-52(2)74-50-78(85(62-41-37-58(38-42-62)56-23-9-7-10-24-56)76-35-19-31-66(82(76)87)61-28-17-27-60(49-61)64-29-15-13-21-54(64)5)72-47-45-68-75(53(3)4)51-79(73-48-46-67(74)80(72)81(68)73)86(63-43-39-59(40-44-63)57-25-11-8-12-26-57)77-36-20-34-71-70-33-18-32-69(83(70)88-84(71)77)65-30-16-14-22-55(65)6/h13-22,27-53,56-57,87H,7-12,23-26H2,1-6H3. The Labute approximate surface area is 519 Å². The fourth-order valence-electron chi connectivity index (χ4n) is 15.6. The fraction of sp³-hybridized carbons (Fsp3) is 0.238. The van der Waals surface area contributed by atoms with E-state index in [1.165, 1.54) is 136 Å². The molecule has 2 aliphatic carbocycles. The van der Waals surface area contributed by atoms with Crippen LogP contribution in [0.5, 0.6) is 5.75 Å². The maximum atomic E-state index is 13.2. The van der Waals surface area contributed by atoms with Gasteiger partial charge >= 0.3 is 0 Å². The Bertz CT molecular complexity index is 4740. The highest BCUT2D eigenvalue weighted by atomic mass is 16.3. The molecule has 0 unspecified atom stereocenters. The van der Waals surface area contributed by atoms with Gasteiger partial charge in [0.1, 0.15) is 11.3 Å². The topological polar surface area (TPSA) is 39.9 Å². The number of hydrogen-bond acceptors (Lipinski definition) is 4. The minimum atomic E-state index is 0.182. The zero-order valence-electron chi connectivity index (χ0n) is 51.8. The molecule has 1 heterocycles. The average Bonchev–Trinajstić information content (AvgIpc) is 0.740. The minimum Gasteiger partial charge on any atom is -0.505 e. The van der Waals surface area contributed by atoms with Gasteiger partial charge in [0.05, 0.1) is 22.7 Å². The average molecular weight is 1150 g/mol. The highest BCUT2D eigenvalue weighted by molar-refractivity contribution is 6.30. The largest absolute Gasteiger partial charge is 0.505 e. The van der Waals surface area contributed by atoms with Crippen LogP contribution in [0, 0.1) is 13.8 Å². The van der Waals surface area contributed by atoms with Crippen LogP contribution in [-0.4, -0.2) is 5.11 Å². The molecule has 1 N–H and O–H groups in total. The first kappa shape index (κ1) is 55.5. The molecule has 436 valence electrons. The number of para-hydroxylation sites is 3. The van der Waals surface area contributed by atoms with Gasteiger partial charge in [-0.15, -0.1) is 0 Å². The normalized spacial score (nSPS) is 14.4. The first-order chi connectivity index (χ1) is 43.1. The summed E-state index contributed by atoms with van der Waals surface area (Å²) in [4.78, 5) is 4.88. The highest BCUT2D eigenvalue weighted by Gasteiger charge is 2.30. The van der Waals surface area contributed by atoms with E-state index in [4.69, 9.17) is 4.42 Å². The van der Waals surface area contributed by atoms with E-state index in [0.29, 0.717) is 11.8 Å². The molecule has 0 bridgehead atoms. The number of benzene rings is 12. The molecule has 0 aliphatic heterocycles. The molecule has 0 amide bonds. The lowest BCUT2D eigenvalue weighted by molar-refractivity contribution is 0.443. The van der Waals surface area contributed by atoms with Crippen molar-refractivity contribution in [2.75, 3.05) is 9.80 Å². The van der Waals surface area contributed by atoms with Crippen molar-refractivity contribution in [3.8, 4) is 39.1 Å². The molecule has 0 atom stereocenters. The van der Waals surface area contributed by atoms with Crippen molar-refractivity contribution in [1.82, 2.24) is 0 Å². The smallest absolute Gasteiger partial charge is 0.159 e. The number of nitrogens with zero attached hydrogens (tertiary/aromatic N) is 2. The van der Waals surface area contributed by atoms with Crippen LogP contribution < -0.4 is 9.80 Å². The van der Waals surface area contributed by atoms with E-state index < -0.39 is 0 Å². The summed E-state index contributed by atoms with van der Waals surface area (Å²) in [5.74, 6) is 1.77. The van der Waals surface area contributed by atoms with Crippen LogP contribution in [0.4, 0.5) is 34.1 Å². The van der Waals surface area contributed by atoms with Gasteiger partial charge in [0.15, 0.2) is 5.58 Å². The number of rotatable bonds is 13. The molecule has 88 heavy (non-hydrogen) atoms. The van der Waals surface area contributed by atoms with Gasteiger partial charge in [-0.05, 0) is 195 Å². The Kier molecular flexibility index (Phi) is 14.4. The third-order valence-corrected chi connectivity index (χ3v) is 20.2. The Hall–Kier alpha value is -9.12.